The van der Waals surface area contributed by atoms with Gasteiger partial charge in [-0.2, -0.15) is 20.2 Å². The van der Waals surface area contributed by atoms with Crippen LogP contribution in [0.4, 0.5) is 5.95 Å². The maximum atomic E-state index is 8.75. The van der Waals surface area contributed by atoms with Crippen molar-refractivity contribution in [2.75, 3.05) is 18.5 Å². The Bertz CT molecular complexity index is 631. The fourth-order valence-corrected chi connectivity index (χ4v) is 2.21. The molecule has 21 heavy (non-hydrogen) atoms. The highest BCUT2D eigenvalue weighted by atomic mass is 35.5. The third-order valence-electron chi connectivity index (χ3n) is 2.95. The quantitative estimate of drug-likeness (QED) is 0.846. The van der Waals surface area contributed by atoms with Gasteiger partial charge >= 0.3 is 0 Å². The maximum absolute atomic E-state index is 8.75. The summed E-state index contributed by atoms with van der Waals surface area (Å²) in [5.41, 5.74) is 1.86. The highest BCUT2D eigenvalue weighted by Crippen LogP contribution is 2.13. The van der Waals surface area contributed by atoms with Gasteiger partial charge in [-0.1, -0.05) is 12.1 Å². The molecular formula is C14H13Cl2N5. The van der Waals surface area contributed by atoms with Crippen LogP contribution in [0.5, 0.6) is 0 Å². The van der Waals surface area contributed by atoms with Crippen molar-refractivity contribution < 1.29 is 0 Å². The normalized spacial score (nSPS) is 10.2. The van der Waals surface area contributed by atoms with E-state index in [9.17, 15) is 0 Å². The van der Waals surface area contributed by atoms with E-state index in [1.165, 1.54) is 5.56 Å². The molecule has 0 aliphatic heterocycles. The number of benzene rings is 1. The molecule has 1 aromatic heterocycles. The maximum Gasteiger partial charge on any atom is 0.230 e. The van der Waals surface area contributed by atoms with Gasteiger partial charge in [-0.25, -0.2) is 0 Å². The van der Waals surface area contributed by atoms with Gasteiger partial charge < -0.3 is 4.90 Å². The number of hydrogen-bond donors (Lipinski definition) is 0. The lowest BCUT2D eigenvalue weighted by Gasteiger charge is -2.16. The van der Waals surface area contributed by atoms with E-state index >= 15 is 0 Å². The Morgan fingerprint density at radius 1 is 1.10 bits per heavy atom. The van der Waals surface area contributed by atoms with Gasteiger partial charge in [0, 0.05) is 13.6 Å². The third kappa shape index (κ3) is 4.55. The Morgan fingerprint density at radius 2 is 1.71 bits per heavy atom. The van der Waals surface area contributed by atoms with Gasteiger partial charge in [0.1, 0.15) is 0 Å². The standard InChI is InChI=1S/C14H13Cl2N5/c1-21(14-19-12(15)18-13(16)20-14)8-2-3-10-4-6-11(9-17)7-5-10/h4-7H,2-3,8H2,1H3. The Morgan fingerprint density at radius 3 is 2.29 bits per heavy atom. The highest BCUT2D eigenvalue weighted by Gasteiger charge is 2.08. The molecule has 0 spiro atoms. The lowest BCUT2D eigenvalue weighted by molar-refractivity contribution is 0.762. The van der Waals surface area contributed by atoms with Gasteiger partial charge in [-0.3, -0.25) is 0 Å². The van der Waals surface area contributed by atoms with Crippen molar-refractivity contribution in [2.24, 2.45) is 0 Å². The molecule has 0 amide bonds. The topological polar surface area (TPSA) is 65.7 Å². The van der Waals surface area contributed by atoms with E-state index in [2.05, 4.69) is 21.0 Å². The number of rotatable bonds is 5. The van der Waals surface area contributed by atoms with E-state index in [0.29, 0.717) is 11.5 Å². The molecule has 1 heterocycles. The van der Waals surface area contributed by atoms with Crippen molar-refractivity contribution in [1.29, 1.82) is 5.26 Å². The van der Waals surface area contributed by atoms with Gasteiger partial charge in [0.05, 0.1) is 11.6 Å². The van der Waals surface area contributed by atoms with E-state index in [4.69, 9.17) is 28.5 Å². The van der Waals surface area contributed by atoms with Crippen LogP contribution in [0.1, 0.15) is 17.5 Å². The molecular weight excluding hydrogens is 309 g/mol. The average Bonchev–Trinajstić information content (AvgIpc) is 2.47. The second-order valence-electron chi connectivity index (χ2n) is 4.51. The summed E-state index contributed by atoms with van der Waals surface area (Å²) in [6.45, 7) is 0.761. The monoisotopic (exact) mass is 321 g/mol. The van der Waals surface area contributed by atoms with Crippen molar-refractivity contribution in [1.82, 2.24) is 15.0 Å². The first kappa shape index (κ1) is 15.5. The predicted octanol–water partition coefficient (Wildman–Crippen LogP) is 3.12. The molecule has 5 nitrogen and oxygen atoms in total. The summed E-state index contributed by atoms with van der Waals surface area (Å²) < 4.78 is 0. The van der Waals surface area contributed by atoms with E-state index < -0.39 is 0 Å². The van der Waals surface area contributed by atoms with Crippen molar-refractivity contribution >= 4 is 29.2 Å². The molecule has 0 saturated heterocycles. The molecule has 0 aliphatic carbocycles. The molecule has 2 rings (SSSR count). The average molecular weight is 322 g/mol. The highest BCUT2D eigenvalue weighted by molar-refractivity contribution is 6.31. The molecule has 0 atom stereocenters. The Balaban J connectivity index is 1.88. The van der Waals surface area contributed by atoms with Crippen LogP contribution in [0.25, 0.3) is 0 Å². The number of halogens is 2. The summed E-state index contributed by atoms with van der Waals surface area (Å²) >= 11 is 11.5. The molecule has 0 bridgehead atoms. The number of hydrogen-bond acceptors (Lipinski definition) is 5. The van der Waals surface area contributed by atoms with Gasteiger partial charge in [-0.15, -0.1) is 0 Å². The van der Waals surface area contributed by atoms with Crippen LogP contribution < -0.4 is 4.90 Å². The fraction of sp³-hybridized carbons (Fsp3) is 0.286. The summed E-state index contributed by atoms with van der Waals surface area (Å²) in [6, 6.07) is 9.69. The van der Waals surface area contributed by atoms with Crippen LogP contribution in [0.2, 0.25) is 10.6 Å². The fourth-order valence-electron chi connectivity index (χ4n) is 1.85. The van der Waals surface area contributed by atoms with E-state index in [0.717, 1.165) is 19.4 Å². The molecule has 0 N–H and O–H groups in total. The zero-order chi connectivity index (χ0) is 15.2. The second-order valence-corrected chi connectivity index (χ2v) is 5.18. The van der Waals surface area contributed by atoms with Gasteiger partial charge in [0.2, 0.25) is 16.5 Å². The first-order valence-corrected chi connectivity index (χ1v) is 7.11. The molecule has 108 valence electrons. The second kappa shape index (κ2) is 7.21. The molecule has 0 radical (unpaired) electrons. The van der Waals surface area contributed by atoms with Crippen LogP contribution in [-0.4, -0.2) is 28.5 Å². The van der Waals surface area contributed by atoms with E-state index in [-0.39, 0.29) is 10.6 Å². The molecule has 0 unspecified atom stereocenters. The van der Waals surface area contributed by atoms with Crippen LogP contribution >= 0.6 is 23.2 Å². The Hall–Kier alpha value is -1.90. The third-order valence-corrected chi connectivity index (χ3v) is 3.29. The minimum atomic E-state index is 0.0870. The lowest BCUT2D eigenvalue weighted by atomic mass is 10.1. The first-order valence-electron chi connectivity index (χ1n) is 6.36. The van der Waals surface area contributed by atoms with Gasteiger partial charge in [0.15, 0.2) is 0 Å². The minimum absolute atomic E-state index is 0.0870. The summed E-state index contributed by atoms with van der Waals surface area (Å²) in [6.07, 6.45) is 1.83. The van der Waals surface area contributed by atoms with Crippen molar-refractivity contribution in [3.63, 3.8) is 0 Å². The van der Waals surface area contributed by atoms with E-state index in [1.54, 1.807) is 0 Å². The van der Waals surface area contributed by atoms with Crippen LogP contribution in [0, 0.1) is 11.3 Å². The molecule has 0 saturated carbocycles. The predicted molar refractivity (Wildman–Crippen MR) is 82.6 cm³/mol. The largest absolute Gasteiger partial charge is 0.344 e. The molecule has 1 aromatic carbocycles. The molecule has 2 aromatic rings. The van der Waals surface area contributed by atoms with Crippen LogP contribution in [0.3, 0.4) is 0 Å². The number of aromatic nitrogens is 3. The Kier molecular flexibility index (Phi) is 5.32. The molecule has 0 fully saturated rings. The number of nitriles is 1. The van der Waals surface area contributed by atoms with E-state index in [1.807, 2.05) is 36.2 Å². The van der Waals surface area contributed by atoms with Crippen molar-refractivity contribution in [3.8, 4) is 6.07 Å². The summed E-state index contributed by atoms with van der Waals surface area (Å²) in [4.78, 5) is 13.7. The molecule has 0 aliphatic rings. The number of nitrogens with zero attached hydrogens (tertiary/aromatic N) is 5. The lowest BCUT2D eigenvalue weighted by Crippen LogP contribution is -2.21. The minimum Gasteiger partial charge on any atom is -0.344 e. The Labute approximate surface area is 133 Å². The summed E-state index contributed by atoms with van der Waals surface area (Å²) in [5.74, 6) is 0.458. The summed E-state index contributed by atoms with van der Waals surface area (Å²) in [5, 5.41) is 8.92. The van der Waals surface area contributed by atoms with Crippen LogP contribution in [-0.2, 0) is 6.42 Å². The van der Waals surface area contributed by atoms with Gasteiger partial charge in [-0.05, 0) is 53.7 Å². The van der Waals surface area contributed by atoms with Crippen molar-refractivity contribution in [2.45, 2.75) is 12.8 Å². The van der Waals surface area contributed by atoms with Crippen LogP contribution in [0.15, 0.2) is 24.3 Å². The zero-order valence-electron chi connectivity index (χ0n) is 11.4. The number of anilines is 1. The SMILES string of the molecule is CN(CCCc1ccc(C#N)cc1)c1nc(Cl)nc(Cl)n1. The summed E-state index contributed by atoms with van der Waals surface area (Å²) in [7, 11) is 1.88. The zero-order valence-corrected chi connectivity index (χ0v) is 12.9. The first-order chi connectivity index (χ1) is 10.1. The van der Waals surface area contributed by atoms with Gasteiger partial charge in [0.25, 0.3) is 0 Å². The smallest absolute Gasteiger partial charge is 0.230 e. The molecule has 7 heteroatoms. The number of aryl methyl sites for hydroxylation is 1. The van der Waals surface area contributed by atoms with Crippen molar-refractivity contribution in [3.05, 3.63) is 46.0 Å².